The number of methoxy groups -OCH3 is 1. The molecule has 5 heteroatoms. The van der Waals surface area contributed by atoms with Crippen molar-refractivity contribution in [3.05, 3.63) is 34.2 Å². The maximum Gasteiger partial charge on any atom is 0.132 e. The Morgan fingerprint density at radius 2 is 2.35 bits per heavy atom. The van der Waals surface area contributed by atoms with Crippen LogP contribution in [0.5, 0.6) is 5.75 Å². The van der Waals surface area contributed by atoms with E-state index in [1.54, 1.807) is 7.11 Å². The first-order chi connectivity index (χ1) is 8.28. The van der Waals surface area contributed by atoms with Crippen LogP contribution >= 0.6 is 11.3 Å². The van der Waals surface area contributed by atoms with Crippen molar-refractivity contribution in [2.24, 2.45) is 5.73 Å². The number of nitriles is 1. The molecular weight excluding hydrogens is 234 g/mol. The first-order valence-electron chi connectivity index (χ1n) is 5.02. The highest BCUT2D eigenvalue weighted by molar-refractivity contribution is 7.12. The van der Waals surface area contributed by atoms with Crippen molar-refractivity contribution in [2.75, 3.05) is 7.11 Å². The molecule has 2 rings (SSSR count). The van der Waals surface area contributed by atoms with E-state index in [1.165, 1.54) is 11.3 Å². The average Bonchev–Trinajstić information content (AvgIpc) is 2.82. The lowest BCUT2D eigenvalue weighted by molar-refractivity contribution is 0.415. The second kappa shape index (κ2) is 4.95. The molecule has 0 bridgehead atoms. The predicted octanol–water partition coefficient (Wildman–Crippen LogP) is 2.15. The number of nitrogens with two attached hydrogens (primary N) is 1. The van der Waals surface area contributed by atoms with E-state index in [9.17, 15) is 0 Å². The molecule has 0 aliphatic heterocycles. The van der Waals surface area contributed by atoms with Gasteiger partial charge in [-0.25, -0.2) is 4.98 Å². The minimum Gasteiger partial charge on any atom is -0.497 e. The topological polar surface area (TPSA) is 71.9 Å². The van der Waals surface area contributed by atoms with Crippen molar-refractivity contribution in [2.45, 2.75) is 6.54 Å². The van der Waals surface area contributed by atoms with Crippen molar-refractivity contribution < 1.29 is 4.74 Å². The summed E-state index contributed by atoms with van der Waals surface area (Å²) < 4.78 is 5.15. The zero-order valence-electron chi connectivity index (χ0n) is 9.30. The normalized spacial score (nSPS) is 9.94. The fourth-order valence-electron chi connectivity index (χ4n) is 1.49. The van der Waals surface area contributed by atoms with Crippen molar-refractivity contribution in [3.63, 3.8) is 0 Å². The molecule has 4 nitrogen and oxygen atoms in total. The van der Waals surface area contributed by atoms with Crippen LogP contribution in [0.4, 0.5) is 0 Å². The zero-order chi connectivity index (χ0) is 12.3. The molecule has 0 saturated heterocycles. The van der Waals surface area contributed by atoms with Gasteiger partial charge >= 0.3 is 0 Å². The first-order valence-corrected chi connectivity index (χ1v) is 5.84. The van der Waals surface area contributed by atoms with Crippen LogP contribution in [0.2, 0.25) is 0 Å². The lowest BCUT2D eigenvalue weighted by Gasteiger charge is -2.02. The second-order valence-electron chi connectivity index (χ2n) is 3.33. The minimum atomic E-state index is 0.351. The molecule has 0 atom stereocenters. The molecule has 0 aliphatic rings. The maximum atomic E-state index is 9.06. The Bertz CT molecular complexity index is 571. The summed E-state index contributed by atoms with van der Waals surface area (Å²) in [7, 11) is 1.61. The van der Waals surface area contributed by atoms with E-state index in [1.807, 2.05) is 24.3 Å². The summed E-state index contributed by atoms with van der Waals surface area (Å²) in [5, 5.41) is 9.83. The van der Waals surface area contributed by atoms with Crippen LogP contribution in [0.3, 0.4) is 0 Å². The van der Waals surface area contributed by atoms with Gasteiger partial charge in [0.25, 0.3) is 0 Å². The summed E-state index contributed by atoms with van der Waals surface area (Å²) in [5.74, 6) is 0.744. The Morgan fingerprint density at radius 3 is 3.00 bits per heavy atom. The van der Waals surface area contributed by atoms with Gasteiger partial charge < -0.3 is 10.5 Å². The summed E-state index contributed by atoms with van der Waals surface area (Å²) in [5.41, 5.74) is 7.08. The Kier molecular flexibility index (Phi) is 3.38. The van der Waals surface area contributed by atoms with Gasteiger partial charge in [-0.15, -0.1) is 11.3 Å². The Balaban J connectivity index is 2.51. The Hall–Kier alpha value is -1.90. The van der Waals surface area contributed by atoms with E-state index in [0.717, 1.165) is 16.3 Å². The molecule has 0 aliphatic carbocycles. The van der Waals surface area contributed by atoms with Crippen LogP contribution in [-0.2, 0) is 6.54 Å². The van der Waals surface area contributed by atoms with Crippen molar-refractivity contribution in [3.8, 4) is 23.1 Å². The van der Waals surface area contributed by atoms with Gasteiger partial charge in [-0.1, -0.05) is 12.1 Å². The van der Waals surface area contributed by atoms with Crippen LogP contribution in [0.15, 0.2) is 24.3 Å². The van der Waals surface area contributed by atoms with E-state index in [2.05, 4.69) is 11.1 Å². The summed E-state index contributed by atoms with van der Waals surface area (Å²) in [4.78, 5) is 4.94. The molecule has 1 aromatic carbocycles. The van der Waals surface area contributed by atoms with Gasteiger partial charge in [0.2, 0.25) is 0 Å². The summed E-state index contributed by atoms with van der Waals surface area (Å²) in [6.45, 7) is 0.351. The van der Waals surface area contributed by atoms with Crippen LogP contribution in [0.25, 0.3) is 11.3 Å². The Morgan fingerprint density at radius 1 is 1.53 bits per heavy atom. The molecule has 0 fully saturated rings. The molecule has 17 heavy (non-hydrogen) atoms. The molecule has 0 unspecified atom stereocenters. The molecule has 1 heterocycles. The third kappa shape index (κ3) is 2.28. The quantitative estimate of drug-likeness (QED) is 0.899. The molecule has 86 valence electrons. The second-order valence-corrected chi connectivity index (χ2v) is 4.42. The van der Waals surface area contributed by atoms with Crippen molar-refractivity contribution in [1.82, 2.24) is 4.98 Å². The van der Waals surface area contributed by atoms with Crippen LogP contribution in [0.1, 0.15) is 9.88 Å². The van der Waals surface area contributed by atoms with E-state index >= 15 is 0 Å². The molecule has 0 radical (unpaired) electrons. The summed E-state index contributed by atoms with van der Waals surface area (Å²) in [6.07, 6.45) is 0. The third-order valence-electron chi connectivity index (χ3n) is 2.29. The smallest absolute Gasteiger partial charge is 0.132 e. The summed E-state index contributed by atoms with van der Waals surface area (Å²) >= 11 is 1.33. The van der Waals surface area contributed by atoms with Gasteiger partial charge in [0.15, 0.2) is 0 Å². The van der Waals surface area contributed by atoms with E-state index in [4.69, 9.17) is 15.7 Å². The van der Waals surface area contributed by atoms with Crippen LogP contribution in [0, 0.1) is 11.3 Å². The molecule has 0 saturated carbocycles. The molecule has 0 amide bonds. The summed E-state index contributed by atoms with van der Waals surface area (Å²) in [6, 6.07) is 9.63. The molecule has 2 N–H and O–H groups in total. The lowest BCUT2D eigenvalue weighted by Crippen LogP contribution is -1.94. The lowest BCUT2D eigenvalue weighted by atomic mass is 10.1. The predicted molar refractivity (Wildman–Crippen MR) is 66.7 cm³/mol. The first kappa shape index (κ1) is 11.6. The highest BCUT2D eigenvalue weighted by Crippen LogP contribution is 2.29. The van der Waals surface area contributed by atoms with Gasteiger partial charge in [-0.3, -0.25) is 0 Å². The average molecular weight is 245 g/mol. The highest BCUT2D eigenvalue weighted by atomic mass is 32.1. The fraction of sp³-hybridized carbons (Fsp3) is 0.167. The maximum absolute atomic E-state index is 9.06. The van der Waals surface area contributed by atoms with E-state index in [-0.39, 0.29) is 0 Å². The highest BCUT2D eigenvalue weighted by Gasteiger charge is 2.12. The van der Waals surface area contributed by atoms with Gasteiger partial charge in [-0.2, -0.15) is 5.26 Å². The number of hydrogen-bond donors (Lipinski definition) is 1. The SMILES string of the molecule is COc1cccc(-c2nc(CN)sc2C#N)c1. The number of ether oxygens (including phenoxy) is 1. The fourth-order valence-corrected chi connectivity index (χ4v) is 2.26. The molecule has 0 spiro atoms. The number of nitrogens with zero attached hydrogens (tertiary/aromatic N) is 2. The van der Waals surface area contributed by atoms with Gasteiger partial charge in [0.1, 0.15) is 21.7 Å². The molecular formula is C12H11N3OS. The van der Waals surface area contributed by atoms with E-state index < -0.39 is 0 Å². The number of aromatic nitrogens is 1. The standard InChI is InChI=1S/C12H11N3OS/c1-16-9-4-2-3-8(5-9)12-10(6-13)17-11(7-14)15-12/h2-5H,7,14H2,1H3. The minimum absolute atomic E-state index is 0.351. The number of hydrogen-bond acceptors (Lipinski definition) is 5. The number of thiazole rings is 1. The van der Waals surface area contributed by atoms with Crippen molar-refractivity contribution in [1.29, 1.82) is 5.26 Å². The largest absolute Gasteiger partial charge is 0.497 e. The number of benzene rings is 1. The number of rotatable bonds is 3. The molecule has 2 aromatic rings. The molecule has 1 aromatic heterocycles. The monoisotopic (exact) mass is 245 g/mol. The third-order valence-corrected chi connectivity index (χ3v) is 3.27. The van der Waals surface area contributed by atoms with Gasteiger partial charge in [0, 0.05) is 12.1 Å². The zero-order valence-corrected chi connectivity index (χ0v) is 10.1. The van der Waals surface area contributed by atoms with Crippen molar-refractivity contribution >= 4 is 11.3 Å². The van der Waals surface area contributed by atoms with Gasteiger partial charge in [0.05, 0.1) is 12.8 Å². The van der Waals surface area contributed by atoms with Crippen LogP contribution in [-0.4, -0.2) is 12.1 Å². The van der Waals surface area contributed by atoms with Crippen LogP contribution < -0.4 is 10.5 Å². The van der Waals surface area contributed by atoms with Gasteiger partial charge in [-0.05, 0) is 12.1 Å². The van der Waals surface area contributed by atoms with E-state index in [0.29, 0.717) is 17.1 Å². The Labute approximate surface area is 103 Å².